The van der Waals surface area contributed by atoms with Crippen LogP contribution in [0.4, 0.5) is 5.69 Å². The van der Waals surface area contributed by atoms with Crippen molar-refractivity contribution in [2.75, 3.05) is 5.73 Å². The lowest BCUT2D eigenvalue weighted by atomic mass is 10.3. The molecule has 0 unspecified atom stereocenters. The summed E-state index contributed by atoms with van der Waals surface area (Å²) >= 11 is 3.31. The molecular formula is C8H7BrN3O2+. The molecule has 5 nitrogen and oxygen atoms in total. The summed E-state index contributed by atoms with van der Waals surface area (Å²) in [7, 11) is 0. The average molecular weight is 257 g/mol. The fourth-order valence-corrected chi connectivity index (χ4v) is 1.45. The van der Waals surface area contributed by atoms with E-state index >= 15 is 0 Å². The van der Waals surface area contributed by atoms with Crippen LogP contribution in [-0.4, -0.2) is 5.27 Å². The van der Waals surface area contributed by atoms with E-state index in [9.17, 15) is 4.79 Å². The number of rotatable bonds is 1. The van der Waals surface area contributed by atoms with E-state index in [1.807, 2.05) is 6.07 Å². The largest absolute Gasteiger partial charge is 0.427 e. The van der Waals surface area contributed by atoms with E-state index in [-0.39, 0.29) is 0 Å². The van der Waals surface area contributed by atoms with E-state index < -0.39 is 5.63 Å². The van der Waals surface area contributed by atoms with Crippen molar-refractivity contribution in [3.63, 3.8) is 0 Å². The Bertz CT molecular complexity index is 517. The molecule has 0 amide bonds. The summed E-state index contributed by atoms with van der Waals surface area (Å²) in [6.45, 7) is 0. The molecular weight excluding hydrogens is 250 g/mol. The molecule has 0 spiro atoms. The van der Waals surface area contributed by atoms with Crippen molar-refractivity contribution in [3.05, 3.63) is 39.3 Å². The van der Waals surface area contributed by atoms with Crippen molar-refractivity contribution >= 4 is 21.6 Å². The molecule has 0 aliphatic rings. The molecule has 6 heteroatoms. The minimum atomic E-state index is -0.454. The summed E-state index contributed by atoms with van der Waals surface area (Å²) in [5, 5.41) is 2.42. The Labute approximate surface area is 87.2 Å². The van der Waals surface area contributed by atoms with Gasteiger partial charge in [0.15, 0.2) is 0 Å². The highest BCUT2D eigenvalue weighted by Gasteiger charge is 2.14. The Hall–Kier alpha value is -1.56. The zero-order valence-electron chi connectivity index (χ0n) is 7.03. The summed E-state index contributed by atoms with van der Waals surface area (Å²) in [5.74, 6) is 0. The van der Waals surface area contributed by atoms with Gasteiger partial charge in [0.1, 0.15) is 5.69 Å². The number of nitrogens with two attached hydrogens (primary N) is 1. The van der Waals surface area contributed by atoms with Gasteiger partial charge in [-0.2, -0.15) is 0 Å². The SMILES string of the molecule is Nc1ccc(Br)cc1-[n+]1cc(=O)o[nH]1. The second-order valence-electron chi connectivity index (χ2n) is 2.71. The van der Waals surface area contributed by atoms with Crippen LogP contribution in [0.15, 0.2) is 38.2 Å². The van der Waals surface area contributed by atoms with E-state index in [0.717, 1.165) is 4.47 Å². The minimum absolute atomic E-state index is 0.454. The minimum Gasteiger partial charge on any atom is -0.393 e. The Morgan fingerprint density at radius 1 is 1.50 bits per heavy atom. The van der Waals surface area contributed by atoms with Crippen molar-refractivity contribution in [3.8, 4) is 5.69 Å². The third kappa shape index (κ3) is 1.56. The van der Waals surface area contributed by atoms with Crippen LogP contribution in [0.2, 0.25) is 0 Å². The summed E-state index contributed by atoms with van der Waals surface area (Å²) < 4.78 is 6.82. The fraction of sp³-hybridized carbons (Fsp3) is 0. The summed E-state index contributed by atoms with van der Waals surface area (Å²) in [6.07, 6.45) is 1.28. The third-order valence-electron chi connectivity index (χ3n) is 1.73. The van der Waals surface area contributed by atoms with Gasteiger partial charge >= 0.3 is 5.63 Å². The lowest BCUT2D eigenvalue weighted by Gasteiger charge is -1.95. The maximum absolute atomic E-state index is 10.8. The summed E-state index contributed by atoms with van der Waals surface area (Å²) in [6, 6.07) is 5.33. The standard InChI is InChI=1S/C8H6BrN3O2/c9-5-1-2-6(10)7(3-5)12-4-8(13)14-11-12/h1-4H,(H2-,10,11,13)/p+1. The van der Waals surface area contributed by atoms with Gasteiger partial charge in [-0.1, -0.05) is 15.9 Å². The van der Waals surface area contributed by atoms with Gasteiger partial charge < -0.3 is 5.73 Å². The number of hydrogen-bond acceptors (Lipinski definition) is 3. The maximum Gasteiger partial charge on any atom is 0.427 e. The van der Waals surface area contributed by atoms with Gasteiger partial charge in [0.2, 0.25) is 0 Å². The van der Waals surface area contributed by atoms with Gasteiger partial charge in [0, 0.05) is 10.5 Å². The molecule has 0 radical (unpaired) electrons. The number of nitrogen functional groups attached to an aromatic ring is 1. The molecule has 72 valence electrons. The molecule has 0 bridgehead atoms. The van der Waals surface area contributed by atoms with Crippen LogP contribution < -0.4 is 16.0 Å². The first kappa shape index (κ1) is 9.01. The molecule has 3 N–H and O–H groups in total. The number of nitrogens with one attached hydrogen (secondary N) is 1. The molecule has 1 heterocycles. The summed E-state index contributed by atoms with van der Waals surface area (Å²) in [4.78, 5) is 10.8. The van der Waals surface area contributed by atoms with E-state index in [1.165, 1.54) is 10.9 Å². The fourth-order valence-electron chi connectivity index (χ4n) is 1.10. The molecule has 0 aliphatic heterocycles. The molecule has 14 heavy (non-hydrogen) atoms. The molecule has 1 aromatic heterocycles. The molecule has 0 fully saturated rings. The predicted octanol–water partition coefficient (Wildman–Crippen LogP) is 0.589. The van der Waals surface area contributed by atoms with Crippen LogP contribution in [-0.2, 0) is 0 Å². The van der Waals surface area contributed by atoms with Gasteiger partial charge in [0.25, 0.3) is 11.9 Å². The van der Waals surface area contributed by atoms with Crippen LogP contribution in [0.5, 0.6) is 0 Å². The second kappa shape index (κ2) is 3.30. The topological polar surface area (TPSA) is 75.9 Å². The van der Waals surface area contributed by atoms with Crippen LogP contribution in [0.25, 0.3) is 5.69 Å². The quantitative estimate of drug-likeness (QED) is 0.579. The number of aromatic amines is 1. The Morgan fingerprint density at radius 3 is 2.93 bits per heavy atom. The van der Waals surface area contributed by atoms with E-state index in [2.05, 4.69) is 25.7 Å². The van der Waals surface area contributed by atoms with Gasteiger partial charge in [-0.05, 0) is 22.1 Å². The van der Waals surface area contributed by atoms with Gasteiger partial charge in [-0.15, -0.1) is 0 Å². The second-order valence-corrected chi connectivity index (χ2v) is 3.63. The number of H-pyrrole nitrogens is 1. The zero-order chi connectivity index (χ0) is 10.1. The number of benzene rings is 1. The molecule has 1 aromatic carbocycles. The molecule has 0 saturated heterocycles. The van der Waals surface area contributed by atoms with Crippen LogP contribution in [0, 0.1) is 0 Å². The first-order valence-electron chi connectivity index (χ1n) is 3.82. The highest BCUT2D eigenvalue weighted by molar-refractivity contribution is 9.10. The zero-order valence-corrected chi connectivity index (χ0v) is 8.61. The first-order chi connectivity index (χ1) is 6.66. The number of hydrogen-bond donors (Lipinski definition) is 2. The molecule has 0 aliphatic carbocycles. The average Bonchev–Trinajstić information content (AvgIpc) is 2.56. The third-order valence-corrected chi connectivity index (χ3v) is 2.22. The number of aromatic nitrogens is 2. The molecule has 0 atom stereocenters. The smallest absolute Gasteiger partial charge is 0.393 e. The van der Waals surface area contributed by atoms with Crippen molar-refractivity contribution in [1.82, 2.24) is 5.27 Å². The Kier molecular flexibility index (Phi) is 2.12. The van der Waals surface area contributed by atoms with Gasteiger partial charge in [-0.25, -0.2) is 4.79 Å². The molecule has 0 saturated carbocycles. The van der Waals surface area contributed by atoms with Crippen molar-refractivity contribution in [2.24, 2.45) is 0 Å². The van der Waals surface area contributed by atoms with Gasteiger partial charge in [-0.3, -0.25) is 4.52 Å². The van der Waals surface area contributed by atoms with Crippen molar-refractivity contribution in [1.29, 1.82) is 0 Å². The Balaban J connectivity index is 2.61. The number of halogens is 1. The van der Waals surface area contributed by atoms with Crippen molar-refractivity contribution in [2.45, 2.75) is 0 Å². The highest BCUT2D eigenvalue weighted by atomic mass is 79.9. The summed E-state index contributed by atoms with van der Waals surface area (Å²) in [5.41, 5.74) is 6.48. The normalized spacial score (nSPS) is 10.4. The predicted molar refractivity (Wildman–Crippen MR) is 53.0 cm³/mol. The van der Waals surface area contributed by atoms with Gasteiger partial charge in [0.05, 0.1) is 0 Å². The lowest BCUT2D eigenvalue weighted by Crippen LogP contribution is -2.33. The first-order valence-corrected chi connectivity index (χ1v) is 4.62. The number of anilines is 1. The Morgan fingerprint density at radius 2 is 2.29 bits per heavy atom. The van der Waals surface area contributed by atoms with E-state index in [0.29, 0.717) is 11.4 Å². The number of nitrogens with zero attached hydrogens (tertiary/aromatic N) is 1. The van der Waals surface area contributed by atoms with Crippen LogP contribution in [0.3, 0.4) is 0 Å². The highest BCUT2D eigenvalue weighted by Crippen LogP contribution is 2.17. The van der Waals surface area contributed by atoms with Crippen LogP contribution in [0.1, 0.15) is 0 Å². The van der Waals surface area contributed by atoms with E-state index in [1.54, 1.807) is 12.1 Å². The lowest BCUT2D eigenvalue weighted by molar-refractivity contribution is -0.669. The monoisotopic (exact) mass is 256 g/mol. The maximum atomic E-state index is 10.8. The van der Waals surface area contributed by atoms with Crippen molar-refractivity contribution < 1.29 is 9.20 Å². The van der Waals surface area contributed by atoms with Crippen LogP contribution >= 0.6 is 15.9 Å². The molecule has 2 aromatic rings. The molecule has 2 rings (SSSR count). The van der Waals surface area contributed by atoms with E-state index in [4.69, 9.17) is 5.73 Å².